The van der Waals surface area contributed by atoms with E-state index in [1.807, 2.05) is 19.1 Å². The van der Waals surface area contributed by atoms with Gasteiger partial charge in [-0.05, 0) is 61.0 Å². The highest BCUT2D eigenvalue weighted by Crippen LogP contribution is 2.42. The lowest BCUT2D eigenvalue weighted by Crippen LogP contribution is -2.29. The summed E-state index contributed by atoms with van der Waals surface area (Å²) in [6, 6.07) is 18.9. The van der Waals surface area contributed by atoms with Gasteiger partial charge in [0, 0.05) is 16.3 Å². The number of hydrogen-bond acceptors (Lipinski definition) is 4. The van der Waals surface area contributed by atoms with Crippen LogP contribution in [0.1, 0.15) is 22.7 Å². The minimum absolute atomic E-state index is 0.00603. The summed E-state index contributed by atoms with van der Waals surface area (Å²) in [7, 11) is 0. The Morgan fingerprint density at radius 3 is 2.27 bits per heavy atom. The van der Waals surface area contributed by atoms with Gasteiger partial charge in [0.1, 0.15) is 11.5 Å². The first kappa shape index (κ1) is 19.7. The zero-order chi connectivity index (χ0) is 21.4. The van der Waals surface area contributed by atoms with Crippen LogP contribution in [0, 0.1) is 6.92 Å². The van der Waals surface area contributed by atoms with Crippen LogP contribution < -0.4 is 4.90 Å². The molecule has 0 aromatic heterocycles. The topological polar surface area (TPSA) is 77.8 Å². The number of carbonyl (C=O) groups excluding carboxylic acids is 2. The molecule has 3 aromatic carbocycles. The predicted molar refractivity (Wildman–Crippen MR) is 116 cm³/mol. The second kappa shape index (κ2) is 7.69. The number of rotatable bonds is 3. The van der Waals surface area contributed by atoms with E-state index in [2.05, 4.69) is 0 Å². The van der Waals surface area contributed by atoms with E-state index < -0.39 is 17.7 Å². The minimum atomic E-state index is -0.893. The van der Waals surface area contributed by atoms with Crippen LogP contribution in [0.15, 0.2) is 78.4 Å². The number of benzene rings is 3. The number of phenols is 1. The molecule has 4 rings (SSSR count). The average Bonchev–Trinajstić information content (AvgIpc) is 3.00. The van der Waals surface area contributed by atoms with Gasteiger partial charge in [0.05, 0.1) is 11.6 Å². The van der Waals surface area contributed by atoms with E-state index in [-0.39, 0.29) is 17.1 Å². The fourth-order valence-corrected chi connectivity index (χ4v) is 3.70. The predicted octanol–water partition coefficient (Wildman–Crippen LogP) is 4.98. The molecule has 1 atom stereocenters. The molecule has 1 saturated heterocycles. The van der Waals surface area contributed by atoms with Gasteiger partial charge < -0.3 is 10.2 Å². The van der Waals surface area contributed by atoms with E-state index in [4.69, 9.17) is 11.6 Å². The van der Waals surface area contributed by atoms with Gasteiger partial charge in [-0.25, -0.2) is 0 Å². The Kier molecular flexibility index (Phi) is 5.06. The highest BCUT2D eigenvalue weighted by molar-refractivity contribution is 6.51. The van der Waals surface area contributed by atoms with Crippen LogP contribution in [0.4, 0.5) is 5.69 Å². The Bertz CT molecular complexity index is 1170. The van der Waals surface area contributed by atoms with Crippen molar-refractivity contribution in [2.45, 2.75) is 13.0 Å². The molecule has 0 radical (unpaired) electrons. The molecule has 6 heteroatoms. The zero-order valence-electron chi connectivity index (χ0n) is 16.0. The van der Waals surface area contributed by atoms with Crippen LogP contribution in [0.2, 0.25) is 5.02 Å². The monoisotopic (exact) mass is 419 g/mol. The molecule has 1 unspecified atom stereocenters. The normalized spacial score (nSPS) is 18.1. The SMILES string of the molecule is Cc1ccc(N2C(=O)C(=O)/C(=C(\O)c3ccc(Cl)cc3)C2c2cccc(O)c2)cc1. The average molecular weight is 420 g/mol. The van der Waals surface area contributed by atoms with Gasteiger partial charge in [0.25, 0.3) is 11.7 Å². The molecule has 150 valence electrons. The number of carbonyl (C=O) groups is 2. The molecule has 30 heavy (non-hydrogen) atoms. The maximum atomic E-state index is 13.0. The van der Waals surface area contributed by atoms with E-state index in [0.717, 1.165) is 5.56 Å². The van der Waals surface area contributed by atoms with E-state index in [0.29, 0.717) is 21.8 Å². The number of nitrogens with zero attached hydrogens (tertiary/aromatic N) is 1. The summed E-state index contributed by atoms with van der Waals surface area (Å²) in [4.78, 5) is 27.4. The standard InChI is InChI=1S/C24H18ClNO4/c1-14-5-11-18(12-6-14)26-21(16-3-2-4-19(27)13-16)20(23(29)24(26)30)22(28)15-7-9-17(25)10-8-15/h2-13,21,27-28H,1H3/b22-20-. The summed E-state index contributed by atoms with van der Waals surface area (Å²) in [5.41, 5.74) is 2.35. The molecular formula is C24H18ClNO4. The van der Waals surface area contributed by atoms with Crippen molar-refractivity contribution in [2.24, 2.45) is 0 Å². The van der Waals surface area contributed by atoms with Gasteiger partial charge >= 0.3 is 0 Å². The number of Topliss-reactive ketones (excluding diaryl/α,β-unsaturated/α-hetero) is 1. The van der Waals surface area contributed by atoms with Crippen LogP contribution >= 0.6 is 11.6 Å². The minimum Gasteiger partial charge on any atom is -0.508 e. The van der Waals surface area contributed by atoms with Crippen molar-refractivity contribution in [3.63, 3.8) is 0 Å². The number of halogens is 1. The first-order valence-corrected chi connectivity index (χ1v) is 9.67. The zero-order valence-corrected chi connectivity index (χ0v) is 16.8. The smallest absolute Gasteiger partial charge is 0.300 e. The third-order valence-corrected chi connectivity index (χ3v) is 5.31. The second-order valence-corrected chi connectivity index (χ2v) is 7.54. The van der Waals surface area contributed by atoms with Crippen molar-refractivity contribution in [3.8, 4) is 5.75 Å². The summed E-state index contributed by atoms with van der Waals surface area (Å²) >= 11 is 5.93. The lowest BCUT2D eigenvalue weighted by molar-refractivity contribution is -0.132. The summed E-state index contributed by atoms with van der Waals surface area (Å²) in [6.07, 6.45) is 0. The molecule has 0 bridgehead atoms. The van der Waals surface area contributed by atoms with Gasteiger partial charge in [-0.1, -0.05) is 41.4 Å². The van der Waals surface area contributed by atoms with Crippen molar-refractivity contribution in [1.82, 2.24) is 0 Å². The van der Waals surface area contributed by atoms with Gasteiger partial charge in [0.15, 0.2) is 0 Å². The van der Waals surface area contributed by atoms with Crippen molar-refractivity contribution in [2.75, 3.05) is 4.90 Å². The van der Waals surface area contributed by atoms with Crippen LogP contribution in [-0.2, 0) is 9.59 Å². The molecular weight excluding hydrogens is 402 g/mol. The fourth-order valence-electron chi connectivity index (χ4n) is 3.58. The van der Waals surface area contributed by atoms with E-state index in [1.54, 1.807) is 48.5 Å². The third kappa shape index (κ3) is 3.44. The lowest BCUT2D eigenvalue weighted by atomic mass is 9.95. The maximum Gasteiger partial charge on any atom is 0.300 e. The molecule has 1 fully saturated rings. The number of amides is 1. The van der Waals surface area contributed by atoms with Crippen molar-refractivity contribution in [3.05, 3.63) is 100 Å². The highest BCUT2D eigenvalue weighted by atomic mass is 35.5. The van der Waals surface area contributed by atoms with Crippen molar-refractivity contribution in [1.29, 1.82) is 0 Å². The van der Waals surface area contributed by atoms with Crippen LogP contribution in [0.3, 0.4) is 0 Å². The number of phenolic OH excluding ortho intramolecular Hbond substituents is 1. The Hall–Kier alpha value is -3.57. The van der Waals surface area contributed by atoms with E-state index >= 15 is 0 Å². The second-order valence-electron chi connectivity index (χ2n) is 7.11. The molecule has 3 aromatic rings. The first-order chi connectivity index (χ1) is 14.4. The van der Waals surface area contributed by atoms with Crippen molar-refractivity contribution < 1.29 is 19.8 Å². The number of aromatic hydroxyl groups is 1. The summed E-state index contributed by atoms with van der Waals surface area (Å²) in [6.45, 7) is 1.92. The summed E-state index contributed by atoms with van der Waals surface area (Å²) in [5.74, 6) is -1.85. The summed E-state index contributed by atoms with van der Waals surface area (Å²) < 4.78 is 0. The number of anilines is 1. The molecule has 0 aliphatic carbocycles. The molecule has 1 aliphatic rings. The number of aryl methyl sites for hydroxylation is 1. The van der Waals surface area contributed by atoms with Crippen LogP contribution in [0.5, 0.6) is 5.75 Å². The van der Waals surface area contributed by atoms with Crippen LogP contribution in [0.25, 0.3) is 5.76 Å². The third-order valence-electron chi connectivity index (χ3n) is 5.06. The molecule has 2 N–H and O–H groups in total. The number of aliphatic hydroxyl groups is 1. The molecule has 1 aliphatic heterocycles. The fraction of sp³-hybridized carbons (Fsp3) is 0.0833. The van der Waals surface area contributed by atoms with E-state index in [1.165, 1.54) is 17.0 Å². The quantitative estimate of drug-likeness (QED) is 0.356. The van der Waals surface area contributed by atoms with Crippen molar-refractivity contribution >= 4 is 34.7 Å². The molecule has 0 saturated carbocycles. The van der Waals surface area contributed by atoms with Gasteiger partial charge in [-0.15, -0.1) is 0 Å². The summed E-state index contributed by atoms with van der Waals surface area (Å²) in [5, 5.41) is 21.5. The molecule has 1 amide bonds. The number of aliphatic hydroxyl groups excluding tert-OH is 1. The Labute approximate surface area is 178 Å². The maximum absolute atomic E-state index is 13.0. The number of hydrogen-bond donors (Lipinski definition) is 2. The first-order valence-electron chi connectivity index (χ1n) is 9.29. The number of ketones is 1. The Morgan fingerprint density at radius 1 is 0.967 bits per heavy atom. The molecule has 5 nitrogen and oxygen atoms in total. The Morgan fingerprint density at radius 2 is 1.63 bits per heavy atom. The highest BCUT2D eigenvalue weighted by Gasteiger charge is 2.47. The van der Waals surface area contributed by atoms with Gasteiger partial charge in [-0.3, -0.25) is 14.5 Å². The molecule has 0 spiro atoms. The molecule has 1 heterocycles. The van der Waals surface area contributed by atoms with Crippen LogP contribution in [-0.4, -0.2) is 21.9 Å². The largest absolute Gasteiger partial charge is 0.508 e. The van der Waals surface area contributed by atoms with Gasteiger partial charge in [-0.2, -0.15) is 0 Å². The van der Waals surface area contributed by atoms with E-state index in [9.17, 15) is 19.8 Å². The van der Waals surface area contributed by atoms with Gasteiger partial charge in [0.2, 0.25) is 0 Å². The Balaban J connectivity index is 1.95. The lowest BCUT2D eigenvalue weighted by Gasteiger charge is -2.25.